The van der Waals surface area contributed by atoms with Crippen LogP contribution < -0.4 is 0 Å². The fourth-order valence-electron chi connectivity index (χ4n) is 1.67. The average Bonchev–Trinajstić information content (AvgIpc) is 2.32. The van der Waals surface area contributed by atoms with Gasteiger partial charge in [-0.1, -0.05) is 0 Å². The predicted molar refractivity (Wildman–Crippen MR) is 67.8 cm³/mol. The third kappa shape index (κ3) is 3.09. The van der Waals surface area contributed by atoms with E-state index in [4.69, 9.17) is 9.47 Å². The average molecular weight is 250 g/mol. The molecule has 0 saturated carbocycles. The maximum atomic E-state index is 11.7. The summed E-state index contributed by atoms with van der Waals surface area (Å²) in [7, 11) is 0. The minimum Gasteiger partial charge on any atom is -0.462 e. The van der Waals surface area contributed by atoms with Crippen LogP contribution in [-0.2, 0) is 9.47 Å². The van der Waals surface area contributed by atoms with Gasteiger partial charge in [-0.15, -0.1) is 0 Å². The number of carbonyl (C=O) groups is 2. The fourth-order valence-corrected chi connectivity index (χ4v) is 1.67. The SMILES string of the molecule is CCOC(=O)c1cc(C)c(C(=O)OCC)cc1C. The van der Waals surface area contributed by atoms with Gasteiger partial charge in [-0.25, -0.2) is 9.59 Å². The van der Waals surface area contributed by atoms with Gasteiger partial charge in [0.25, 0.3) is 0 Å². The van der Waals surface area contributed by atoms with Gasteiger partial charge in [0.05, 0.1) is 24.3 Å². The maximum Gasteiger partial charge on any atom is 0.338 e. The van der Waals surface area contributed by atoms with Crippen molar-refractivity contribution in [1.82, 2.24) is 0 Å². The summed E-state index contributed by atoms with van der Waals surface area (Å²) in [5.74, 6) is -0.734. The lowest BCUT2D eigenvalue weighted by Gasteiger charge is -2.10. The molecule has 1 aromatic rings. The number of rotatable bonds is 4. The van der Waals surface area contributed by atoms with Gasteiger partial charge in [-0.3, -0.25) is 0 Å². The standard InChI is InChI=1S/C14H18O4/c1-5-17-13(15)11-7-10(4)12(8-9(11)3)14(16)18-6-2/h7-8H,5-6H2,1-4H3. The summed E-state index contributed by atoms with van der Waals surface area (Å²) in [6.45, 7) is 7.72. The molecular weight excluding hydrogens is 232 g/mol. The second-order valence-corrected chi connectivity index (χ2v) is 3.92. The topological polar surface area (TPSA) is 52.6 Å². The van der Waals surface area contributed by atoms with E-state index in [1.54, 1.807) is 39.8 Å². The molecule has 0 unspecified atom stereocenters. The first-order valence-electron chi connectivity index (χ1n) is 5.96. The van der Waals surface area contributed by atoms with Gasteiger partial charge in [0.2, 0.25) is 0 Å². The number of aryl methyl sites for hydroxylation is 2. The summed E-state index contributed by atoms with van der Waals surface area (Å²) in [5, 5.41) is 0. The van der Waals surface area contributed by atoms with Crippen LogP contribution in [0.15, 0.2) is 12.1 Å². The molecule has 0 aliphatic heterocycles. The minimum absolute atomic E-state index is 0.330. The van der Waals surface area contributed by atoms with Gasteiger partial charge in [-0.2, -0.15) is 0 Å². The minimum atomic E-state index is -0.367. The lowest BCUT2D eigenvalue weighted by atomic mass is 10.00. The molecule has 98 valence electrons. The summed E-state index contributed by atoms with van der Waals surface area (Å²) in [4.78, 5) is 23.4. The van der Waals surface area contributed by atoms with Crippen LogP contribution in [0.5, 0.6) is 0 Å². The normalized spacial score (nSPS) is 10.0. The van der Waals surface area contributed by atoms with E-state index < -0.39 is 0 Å². The van der Waals surface area contributed by atoms with Crippen molar-refractivity contribution in [2.24, 2.45) is 0 Å². The number of carbonyl (C=O) groups excluding carboxylic acids is 2. The summed E-state index contributed by atoms with van der Waals surface area (Å²) < 4.78 is 9.91. The molecule has 18 heavy (non-hydrogen) atoms. The Morgan fingerprint density at radius 1 is 0.889 bits per heavy atom. The lowest BCUT2D eigenvalue weighted by Crippen LogP contribution is -2.11. The zero-order chi connectivity index (χ0) is 13.7. The van der Waals surface area contributed by atoms with Crippen molar-refractivity contribution < 1.29 is 19.1 Å². The van der Waals surface area contributed by atoms with E-state index in [1.807, 2.05) is 0 Å². The van der Waals surface area contributed by atoms with E-state index >= 15 is 0 Å². The van der Waals surface area contributed by atoms with Gasteiger partial charge in [0, 0.05) is 0 Å². The molecule has 0 spiro atoms. The van der Waals surface area contributed by atoms with Gasteiger partial charge >= 0.3 is 11.9 Å². The van der Waals surface area contributed by atoms with E-state index in [0.717, 1.165) is 0 Å². The molecule has 0 radical (unpaired) electrons. The number of benzene rings is 1. The molecule has 4 heteroatoms. The van der Waals surface area contributed by atoms with Crippen LogP contribution in [0, 0.1) is 13.8 Å². The molecule has 0 aliphatic carbocycles. The number of esters is 2. The molecule has 0 fully saturated rings. The Morgan fingerprint density at radius 2 is 1.22 bits per heavy atom. The van der Waals surface area contributed by atoms with Crippen molar-refractivity contribution in [2.75, 3.05) is 13.2 Å². The van der Waals surface area contributed by atoms with Crippen LogP contribution in [0.2, 0.25) is 0 Å². The largest absolute Gasteiger partial charge is 0.462 e. The quantitative estimate of drug-likeness (QED) is 0.771. The molecule has 0 atom stereocenters. The van der Waals surface area contributed by atoms with Crippen molar-refractivity contribution in [2.45, 2.75) is 27.7 Å². The Balaban J connectivity index is 3.11. The molecule has 0 saturated heterocycles. The zero-order valence-electron chi connectivity index (χ0n) is 11.2. The van der Waals surface area contributed by atoms with Crippen molar-refractivity contribution in [3.05, 3.63) is 34.4 Å². The highest BCUT2D eigenvalue weighted by Crippen LogP contribution is 2.18. The molecule has 0 heterocycles. The number of hydrogen-bond donors (Lipinski definition) is 0. The molecule has 1 aromatic carbocycles. The Kier molecular flexibility index (Phi) is 4.89. The Hall–Kier alpha value is -1.84. The summed E-state index contributed by atoms with van der Waals surface area (Å²) >= 11 is 0. The lowest BCUT2D eigenvalue weighted by molar-refractivity contribution is 0.0510. The molecule has 0 bridgehead atoms. The first kappa shape index (κ1) is 14.2. The van der Waals surface area contributed by atoms with Crippen LogP contribution >= 0.6 is 0 Å². The van der Waals surface area contributed by atoms with E-state index in [0.29, 0.717) is 35.5 Å². The van der Waals surface area contributed by atoms with Gasteiger partial charge in [0.1, 0.15) is 0 Å². The number of ether oxygens (including phenoxy) is 2. The molecule has 0 N–H and O–H groups in total. The Morgan fingerprint density at radius 3 is 1.50 bits per heavy atom. The van der Waals surface area contributed by atoms with Crippen LogP contribution in [-0.4, -0.2) is 25.2 Å². The highest BCUT2D eigenvalue weighted by atomic mass is 16.5. The van der Waals surface area contributed by atoms with Crippen molar-refractivity contribution >= 4 is 11.9 Å². The Labute approximate surface area is 107 Å². The second kappa shape index (κ2) is 6.19. The first-order valence-corrected chi connectivity index (χ1v) is 5.96. The van der Waals surface area contributed by atoms with Crippen molar-refractivity contribution in [3.63, 3.8) is 0 Å². The van der Waals surface area contributed by atoms with Gasteiger partial charge < -0.3 is 9.47 Å². The predicted octanol–water partition coefficient (Wildman–Crippen LogP) is 2.66. The highest BCUT2D eigenvalue weighted by molar-refractivity contribution is 5.96. The van der Waals surface area contributed by atoms with E-state index in [1.165, 1.54) is 0 Å². The molecule has 0 aromatic heterocycles. The van der Waals surface area contributed by atoms with E-state index in [2.05, 4.69) is 0 Å². The first-order chi connectivity index (χ1) is 8.51. The summed E-state index contributed by atoms with van der Waals surface area (Å²) in [5.41, 5.74) is 2.40. The molecule has 4 nitrogen and oxygen atoms in total. The van der Waals surface area contributed by atoms with Crippen molar-refractivity contribution in [1.29, 1.82) is 0 Å². The highest BCUT2D eigenvalue weighted by Gasteiger charge is 2.16. The van der Waals surface area contributed by atoms with E-state index in [-0.39, 0.29) is 11.9 Å². The summed E-state index contributed by atoms with van der Waals surface area (Å²) in [6.07, 6.45) is 0. The Bertz CT molecular complexity index is 419. The zero-order valence-corrected chi connectivity index (χ0v) is 11.2. The van der Waals surface area contributed by atoms with Crippen LogP contribution in [0.1, 0.15) is 45.7 Å². The third-order valence-electron chi connectivity index (χ3n) is 2.56. The molecule has 0 amide bonds. The van der Waals surface area contributed by atoms with E-state index in [9.17, 15) is 9.59 Å². The second-order valence-electron chi connectivity index (χ2n) is 3.92. The fraction of sp³-hybridized carbons (Fsp3) is 0.429. The maximum absolute atomic E-state index is 11.7. The van der Waals surface area contributed by atoms with Crippen LogP contribution in [0.25, 0.3) is 0 Å². The van der Waals surface area contributed by atoms with Crippen molar-refractivity contribution in [3.8, 4) is 0 Å². The monoisotopic (exact) mass is 250 g/mol. The number of hydrogen-bond acceptors (Lipinski definition) is 4. The molecule has 1 rings (SSSR count). The molecule has 0 aliphatic rings. The smallest absolute Gasteiger partial charge is 0.338 e. The van der Waals surface area contributed by atoms with Gasteiger partial charge in [0.15, 0.2) is 0 Å². The summed E-state index contributed by atoms with van der Waals surface area (Å²) in [6, 6.07) is 3.33. The third-order valence-corrected chi connectivity index (χ3v) is 2.56. The molecular formula is C14H18O4. The van der Waals surface area contributed by atoms with Crippen LogP contribution in [0.3, 0.4) is 0 Å². The van der Waals surface area contributed by atoms with Gasteiger partial charge in [-0.05, 0) is 51.0 Å². The van der Waals surface area contributed by atoms with Crippen LogP contribution in [0.4, 0.5) is 0 Å².